The highest BCUT2D eigenvalue weighted by molar-refractivity contribution is 9.10. The van der Waals surface area contributed by atoms with E-state index in [-0.39, 0.29) is 18.0 Å². The van der Waals surface area contributed by atoms with Crippen molar-refractivity contribution in [1.82, 2.24) is 10.2 Å². The largest absolute Gasteiger partial charge is 0.377 e. The van der Waals surface area contributed by atoms with Crippen LogP contribution >= 0.6 is 15.9 Å². The number of halogens is 1. The minimum Gasteiger partial charge on any atom is -0.377 e. The lowest BCUT2D eigenvalue weighted by Gasteiger charge is -2.53. The Hall–Kier alpha value is -2.42. The smallest absolute Gasteiger partial charge is 0.322 e. The molecule has 2 aromatic carbocycles. The summed E-state index contributed by atoms with van der Waals surface area (Å²) in [5, 5.41) is 9.18. The van der Waals surface area contributed by atoms with Crippen molar-refractivity contribution in [3.63, 3.8) is 0 Å². The van der Waals surface area contributed by atoms with Crippen molar-refractivity contribution >= 4 is 39.2 Å². The SMILES string of the molecule is COC1CN(C(=O)Nc2ccc(Br)cc2)[C@@]1(C)C(=O)Nc1ccc2c(c1)CCNC2. The summed E-state index contributed by atoms with van der Waals surface area (Å²) in [6.07, 6.45) is 0.550. The molecule has 2 heterocycles. The Kier molecular flexibility index (Phi) is 5.81. The van der Waals surface area contributed by atoms with E-state index in [1.54, 1.807) is 26.2 Å². The number of fused-ring (bicyclic) bond motifs is 1. The molecule has 0 aliphatic carbocycles. The van der Waals surface area contributed by atoms with Gasteiger partial charge in [0, 0.05) is 29.5 Å². The Morgan fingerprint density at radius 1 is 1.13 bits per heavy atom. The van der Waals surface area contributed by atoms with Crippen LogP contribution in [0.2, 0.25) is 0 Å². The van der Waals surface area contributed by atoms with E-state index >= 15 is 0 Å². The third-order valence-electron chi connectivity index (χ3n) is 5.97. The Bertz CT molecular complexity index is 965. The van der Waals surface area contributed by atoms with Crippen LogP contribution in [-0.2, 0) is 22.5 Å². The third kappa shape index (κ3) is 3.82. The average Bonchev–Trinajstić information content (AvgIpc) is 2.74. The molecular weight excluding hydrogens is 448 g/mol. The Labute approximate surface area is 184 Å². The number of hydrogen-bond acceptors (Lipinski definition) is 4. The highest BCUT2D eigenvalue weighted by atomic mass is 79.9. The number of anilines is 2. The van der Waals surface area contributed by atoms with E-state index in [2.05, 4.69) is 31.9 Å². The molecule has 2 aliphatic rings. The lowest BCUT2D eigenvalue weighted by molar-refractivity contribution is -0.154. The molecule has 1 unspecified atom stereocenters. The van der Waals surface area contributed by atoms with Gasteiger partial charge in [0.25, 0.3) is 5.91 Å². The molecule has 30 heavy (non-hydrogen) atoms. The van der Waals surface area contributed by atoms with Crippen molar-refractivity contribution in [3.8, 4) is 0 Å². The first-order valence-corrected chi connectivity index (χ1v) is 10.7. The van der Waals surface area contributed by atoms with Gasteiger partial charge in [-0.05, 0) is 67.4 Å². The van der Waals surface area contributed by atoms with Gasteiger partial charge in [-0.2, -0.15) is 0 Å². The zero-order chi connectivity index (χ0) is 21.3. The van der Waals surface area contributed by atoms with E-state index in [1.165, 1.54) is 16.0 Å². The number of nitrogens with zero attached hydrogens (tertiary/aromatic N) is 1. The number of nitrogens with one attached hydrogen (secondary N) is 3. The first-order chi connectivity index (χ1) is 14.4. The molecule has 0 saturated carbocycles. The molecular formula is C22H25BrN4O3. The third-order valence-corrected chi connectivity index (χ3v) is 6.50. The minimum atomic E-state index is -1.11. The van der Waals surface area contributed by atoms with Crippen LogP contribution in [0.3, 0.4) is 0 Å². The predicted octanol–water partition coefficient (Wildman–Crippen LogP) is 3.35. The molecule has 1 fully saturated rings. The van der Waals surface area contributed by atoms with Gasteiger partial charge < -0.3 is 25.6 Å². The van der Waals surface area contributed by atoms with Gasteiger partial charge >= 0.3 is 6.03 Å². The maximum absolute atomic E-state index is 13.2. The van der Waals surface area contributed by atoms with Gasteiger partial charge in [0.05, 0.1) is 6.54 Å². The van der Waals surface area contributed by atoms with Crippen molar-refractivity contribution in [3.05, 3.63) is 58.1 Å². The topological polar surface area (TPSA) is 82.7 Å². The minimum absolute atomic E-state index is 0.263. The normalized spacial score (nSPS) is 22.6. The maximum atomic E-state index is 13.2. The van der Waals surface area contributed by atoms with Gasteiger partial charge in [-0.1, -0.05) is 22.0 Å². The van der Waals surface area contributed by atoms with Gasteiger partial charge in [0.2, 0.25) is 0 Å². The summed E-state index contributed by atoms with van der Waals surface area (Å²) in [5.41, 5.74) is 2.77. The maximum Gasteiger partial charge on any atom is 0.322 e. The zero-order valence-corrected chi connectivity index (χ0v) is 18.6. The van der Waals surface area contributed by atoms with E-state index in [4.69, 9.17) is 4.74 Å². The lowest BCUT2D eigenvalue weighted by atomic mass is 9.82. The number of carbonyl (C=O) groups is 2. The van der Waals surface area contributed by atoms with Crippen LogP contribution in [0.5, 0.6) is 0 Å². The summed E-state index contributed by atoms with van der Waals surface area (Å²) in [6, 6.07) is 12.9. The number of likely N-dealkylation sites (tertiary alicyclic amines) is 1. The number of urea groups is 1. The van der Waals surface area contributed by atoms with Crippen LogP contribution in [0, 0.1) is 0 Å². The summed E-state index contributed by atoms with van der Waals surface area (Å²) in [7, 11) is 1.56. The molecule has 0 bridgehead atoms. The molecule has 7 nitrogen and oxygen atoms in total. The lowest BCUT2D eigenvalue weighted by Crippen LogP contribution is -2.76. The monoisotopic (exact) mass is 472 g/mol. The molecule has 4 rings (SSSR count). The predicted molar refractivity (Wildman–Crippen MR) is 120 cm³/mol. The fourth-order valence-corrected chi connectivity index (χ4v) is 4.26. The Balaban J connectivity index is 1.49. The van der Waals surface area contributed by atoms with Crippen LogP contribution in [0.1, 0.15) is 18.1 Å². The van der Waals surface area contributed by atoms with Crippen molar-refractivity contribution in [2.75, 3.05) is 30.8 Å². The van der Waals surface area contributed by atoms with Crippen LogP contribution in [-0.4, -0.2) is 48.7 Å². The number of benzene rings is 2. The van der Waals surface area contributed by atoms with Crippen molar-refractivity contribution < 1.29 is 14.3 Å². The summed E-state index contributed by atoms with van der Waals surface area (Å²) < 4.78 is 6.43. The van der Waals surface area contributed by atoms with Crippen LogP contribution in [0.4, 0.5) is 16.2 Å². The summed E-state index contributed by atoms with van der Waals surface area (Å²) in [6.45, 7) is 3.86. The quantitative estimate of drug-likeness (QED) is 0.636. The Morgan fingerprint density at radius 3 is 2.60 bits per heavy atom. The van der Waals surface area contributed by atoms with Gasteiger partial charge in [0.1, 0.15) is 11.6 Å². The van der Waals surface area contributed by atoms with E-state index in [0.29, 0.717) is 12.2 Å². The highest BCUT2D eigenvalue weighted by Crippen LogP contribution is 2.35. The summed E-state index contributed by atoms with van der Waals surface area (Å²) >= 11 is 3.38. The first kappa shape index (κ1) is 20.8. The van der Waals surface area contributed by atoms with Gasteiger partial charge in [-0.25, -0.2) is 4.79 Å². The van der Waals surface area contributed by atoms with E-state index in [9.17, 15) is 9.59 Å². The van der Waals surface area contributed by atoms with Gasteiger partial charge in [-0.15, -0.1) is 0 Å². The number of amides is 3. The summed E-state index contributed by atoms with van der Waals surface area (Å²) in [5.74, 6) is -0.263. The molecule has 158 valence electrons. The molecule has 0 aromatic heterocycles. The molecule has 2 aromatic rings. The van der Waals surface area contributed by atoms with Crippen LogP contribution in [0.15, 0.2) is 46.9 Å². The number of ether oxygens (including phenoxy) is 1. The van der Waals surface area contributed by atoms with Crippen LogP contribution in [0.25, 0.3) is 0 Å². The molecule has 3 N–H and O–H groups in total. The second-order valence-electron chi connectivity index (χ2n) is 7.78. The fourth-order valence-electron chi connectivity index (χ4n) is 4.00. The molecule has 3 amide bonds. The average molecular weight is 473 g/mol. The fraction of sp³-hybridized carbons (Fsp3) is 0.364. The van der Waals surface area contributed by atoms with E-state index in [0.717, 1.165) is 29.7 Å². The number of hydrogen-bond donors (Lipinski definition) is 3. The molecule has 2 aliphatic heterocycles. The highest BCUT2D eigenvalue weighted by Gasteiger charge is 2.58. The molecule has 0 spiro atoms. The first-order valence-electron chi connectivity index (χ1n) is 9.93. The summed E-state index contributed by atoms with van der Waals surface area (Å²) in [4.78, 5) is 27.6. The van der Waals surface area contributed by atoms with Gasteiger partial charge in [0.15, 0.2) is 0 Å². The standard InChI is InChI=1S/C22H25BrN4O3/c1-22(20(28)25-18-6-3-15-12-24-10-9-14(15)11-18)19(30-2)13-27(22)21(29)26-17-7-4-16(23)5-8-17/h3-8,11,19,24H,9-10,12-13H2,1-2H3,(H,25,28)(H,26,29)/t19?,22-/m1/s1. The van der Waals surface area contributed by atoms with E-state index in [1.807, 2.05) is 30.3 Å². The molecule has 1 saturated heterocycles. The van der Waals surface area contributed by atoms with Crippen molar-refractivity contribution in [2.24, 2.45) is 0 Å². The van der Waals surface area contributed by atoms with Crippen molar-refractivity contribution in [2.45, 2.75) is 31.5 Å². The van der Waals surface area contributed by atoms with Crippen molar-refractivity contribution in [1.29, 1.82) is 0 Å². The Morgan fingerprint density at radius 2 is 1.87 bits per heavy atom. The van der Waals surface area contributed by atoms with E-state index < -0.39 is 5.54 Å². The molecule has 0 radical (unpaired) electrons. The number of carbonyl (C=O) groups excluding carboxylic acids is 2. The number of methoxy groups -OCH3 is 1. The molecule has 2 atom stereocenters. The second-order valence-corrected chi connectivity index (χ2v) is 8.70. The second kappa shape index (κ2) is 8.37. The zero-order valence-electron chi connectivity index (χ0n) is 17.0. The molecule has 8 heteroatoms. The number of rotatable bonds is 4. The van der Waals surface area contributed by atoms with Crippen LogP contribution < -0.4 is 16.0 Å². The van der Waals surface area contributed by atoms with Gasteiger partial charge in [-0.3, -0.25) is 4.79 Å².